The Kier molecular flexibility index (Phi) is 4.79. The van der Waals surface area contributed by atoms with Crippen LogP contribution in [0, 0.1) is 6.92 Å². The van der Waals surface area contributed by atoms with Crippen LogP contribution in [-0.2, 0) is 6.54 Å². The van der Waals surface area contributed by atoms with Gasteiger partial charge in [0.05, 0.1) is 13.1 Å². The van der Waals surface area contributed by atoms with Crippen LogP contribution in [-0.4, -0.2) is 19.1 Å². The van der Waals surface area contributed by atoms with E-state index in [9.17, 15) is 4.79 Å². The van der Waals surface area contributed by atoms with Crippen molar-refractivity contribution in [2.75, 3.05) is 13.2 Å². The lowest BCUT2D eigenvalue weighted by atomic mass is 10.2. The first-order valence-electron chi connectivity index (χ1n) is 6.45. The standard InChI is InChI=1S/C15H18N2O3/c1-11-3-2-4-12(9-11)19-8-7-17-15(18)14-6-5-13(10-16)20-14/h2-6,9H,7-8,10,16H2,1H3,(H,17,18). The fourth-order valence-electron chi connectivity index (χ4n) is 1.74. The summed E-state index contributed by atoms with van der Waals surface area (Å²) in [5.74, 6) is 1.38. The number of carbonyl (C=O) groups excluding carboxylic acids is 1. The van der Waals surface area contributed by atoms with Gasteiger partial charge in [-0.25, -0.2) is 0 Å². The molecule has 1 amide bonds. The zero-order valence-corrected chi connectivity index (χ0v) is 11.4. The van der Waals surface area contributed by atoms with Crippen molar-refractivity contribution in [2.24, 2.45) is 5.73 Å². The minimum absolute atomic E-state index is 0.265. The molecule has 0 atom stereocenters. The molecule has 0 saturated carbocycles. The van der Waals surface area contributed by atoms with Crippen molar-refractivity contribution in [1.82, 2.24) is 5.32 Å². The van der Waals surface area contributed by atoms with Gasteiger partial charge in [0.2, 0.25) is 0 Å². The van der Waals surface area contributed by atoms with Gasteiger partial charge in [-0.3, -0.25) is 4.79 Å². The molecule has 5 heteroatoms. The fourth-order valence-corrected chi connectivity index (χ4v) is 1.74. The molecule has 0 aliphatic heterocycles. The van der Waals surface area contributed by atoms with E-state index >= 15 is 0 Å². The molecule has 2 rings (SSSR count). The van der Waals surface area contributed by atoms with Crippen LogP contribution < -0.4 is 15.8 Å². The Balaban J connectivity index is 1.74. The average molecular weight is 274 g/mol. The van der Waals surface area contributed by atoms with Gasteiger partial charge in [-0.1, -0.05) is 12.1 Å². The van der Waals surface area contributed by atoms with E-state index < -0.39 is 0 Å². The molecule has 2 aromatic rings. The third-order valence-electron chi connectivity index (χ3n) is 2.73. The van der Waals surface area contributed by atoms with Crippen LogP contribution >= 0.6 is 0 Å². The number of carbonyl (C=O) groups is 1. The molecule has 3 N–H and O–H groups in total. The first-order chi connectivity index (χ1) is 9.69. The number of rotatable bonds is 6. The third kappa shape index (κ3) is 3.86. The summed E-state index contributed by atoms with van der Waals surface area (Å²) in [6.45, 7) is 3.09. The summed E-state index contributed by atoms with van der Waals surface area (Å²) in [6.07, 6.45) is 0. The Hall–Kier alpha value is -2.27. The van der Waals surface area contributed by atoms with Crippen molar-refractivity contribution in [3.8, 4) is 5.75 Å². The minimum atomic E-state index is -0.266. The van der Waals surface area contributed by atoms with Crippen molar-refractivity contribution in [3.63, 3.8) is 0 Å². The van der Waals surface area contributed by atoms with Crippen molar-refractivity contribution < 1.29 is 13.9 Å². The summed E-state index contributed by atoms with van der Waals surface area (Å²) in [5, 5.41) is 2.72. The van der Waals surface area contributed by atoms with Crippen LogP contribution in [0.4, 0.5) is 0 Å². The second-order valence-electron chi connectivity index (χ2n) is 4.39. The molecule has 0 saturated heterocycles. The molecule has 20 heavy (non-hydrogen) atoms. The van der Waals surface area contributed by atoms with E-state index in [2.05, 4.69) is 5.32 Å². The molecule has 1 aromatic carbocycles. The molecule has 1 aromatic heterocycles. The number of hydrogen-bond acceptors (Lipinski definition) is 4. The largest absolute Gasteiger partial charge is 0.492 e. The van der Waals surface area contributed by atoms with Gasteiger partial charge < -0.3 is 20.2 Å². The number of benzene rings is 1. The van der Waals surface area contributed by atoms with E-state index in [1.165, 1.54) is 0 Å². The molecule has 0 bridgehead atoms. The van der Waals surface area contributed by atoms with E-state index in [1.54, 1.807) is 12.1 Å². The molecule has 0 aliphatic rings. The smallest absolute Gasteiger partial charge is 0.287 e. The maximum atomic E-state index is 11.7. The summed E-state index contributed by atoms with van der Waals surface area (Å²) < 4.78 is 10.8. The number of nitrogens with two attached hydrogens (primary N) is 1. The Morgan fingerprint density at radius 1 is 1.35 bits per heavy atom. The van der Waals surface area contributed by atoms with Crippen molar-refractivity contribution in [3.05, 3.63) is 53.5 Å². The van der Waals surface area contributed by atoms with E-state index in [1.807, 2.05) is 31.2 Å². The maximum absolute atomic E-state index is 11.7. The van der Waals surface area contributed by atoms with Gasteiger partial charge in [-0.2, -0.15) is 0 Å². The number of ether oxygens (including phenoxy) is 1. The zero-order chi connectivity index (χ0) is 14.4. The van der Waals surface area contributed by atoms with Crippen LogP contribution in [0.1, 0.15) is 21.9 Å². The molecule has 1 heterocycles. The summed E-state index contributed by atoms with van der Waals surface area (Å²) in [4.78, 5) is 11.7. The quantitative estimate of drug-likeness (QED) is 0.788. The third-order valence-corrected chi connectivity index (χ3v) is 2.73. The van der Waals surface area contributed by atoms with E-state index in [4.69, 9.17) is 14.9 Å². The second kappa shape index (κ2) is 6.77. The molecule has 0 aliphatic carbocycles. The molecule has 0 spiro atoms. The predicted octanol–water partition coefficient (Wildman–Crippen LogP) is 1.86. The van der Waals surface area contributed by atoms with Gasteiger partial charge in [0.25, 0.3) is 5.91 Å². The summed E-state index contributed by atoms with van der Waals surface area (Å²) in [5.41, 5.74) is 6.55. The number of aryl methyl sites for hydroxylation is 1. The maximum Gasteiger partial charge on any atom is 0.287 e. The summed E-state index contributed by atoms with van der Waals surface area (Å²) >= 11 is 0. The highest BCUT2D eigenvalue weighted by atomic mass is 16.5. The van der Waals surface area contributed by atoms with Gasteiger partial charge in [0, 0.05) is 0 Å². The average Bonchev–Trinajstić information content (AvgIpc) is 2.92. The zero-order valence-electron chi connectivity index (χ0n) is 11.4. The first kappa shape index (κ1) is 14.1. The molecule has 0 unspecified atom stereocenters. The number of nitrogens with one attached hydrogen (secondary N) is 1. The van der Waals surface area contributed by atoms with Crippen LogP contribution in [0.2, 0.25) is 0 Å². The van der Waals surface area contributed by atoms with Crippen LogP contribution in [0.5, 0.6) is 5.75 Å². The highest BCUT2D eigenvalue weighted by molar-refractivity contribution is 5.91. The van der Waals surface area contributed by atoms with Crippen molar-refractivity contribution in [1.29, 1.82) is 0 Å². The van der Waals surface area contributed by atoms with Gasteiger partial charge in [0.15, 0.2) is 5.76 Å². The van der Waals surface area contributed by atoms with Crippen LogP contribution in [0.3, 0.4) is 0 Å². The summed E-state index contributed by atoms with van der Waals surface area (Å²) in [6, 6.07) is 11.1. The predicted molar refractivity (Wildman–Crippen MR) is 75.6 cm³/mol. The van der Waals surface area contributed by atoms with Crippen molar-refractivity contribution in [2.45, 2.75) is 13.5 Å². The molecule has 0 fully saturated rings. The summed E-state index contributed by atoms with van der Waals surface area (Å²) in [7, 11) is 0. The lowest BCUT2D eigenvalue weighted by Crippen LogP contribution is -2.27. The van der Waals surface area contributed by atoms with Gasteiger partial charge >= 0.3 is 0 Å². The molecular formula is C15H18N2O3. The number of hydrogen-bond donors (Lipinski definition) is 2. The van der Waals surface area contributed by atoms with Gasteiger partial charge in [-0.05, 0) is 36.8 Å². The Bertz CT molecular complexity index is 578. The Morgan fingerprint density at radius 3 is 2.90 bits per heavy atom. The second-order valence-corrected chi connectivity index (χ2v) is 4.39. The lowest BCUT2D eigenvalue weighted by Gasteiger charge is -2.07. The van der Waals surface area contributed by atoms with E-state index in [0.29, 0.717) is 18.9 Å². The van der Waals surface area contributed by atoms with Crippen LogP contribution in [0.25, 0.3) is 0 Å². The molecule has 0 radical (unpaired) electrons. The van der Waals surface area contributed by atoms with Gasteiger partial charge in [-0.15, -0.1) is 0 Å². The normalized spacial score (nSPS) is 10.3. The van der Waals surface area contributed by atoms with Crippen molar-refractivity contribution >= 4 is 5.91 Å². The van der Waals surface area contributed by atoms with E-state index in [-0.39, 0.29) is 18.2 Å². The molecule has 5 nitrogen and oxygen atoms in total. The van der Waals surface area contributed by atoms with E-state index in [0.717, 1.165) is 11.3 Å². The molecular weight excluding hydrogens is 256 g/mol. The molecule has 106 valence electrons. The Morgan fingerprint density at radius 2 is 2.20 bits per heavy atom. The SMILES string of the molecule is Cc1cccc(OCCNC(=O)c2ccc(CN)o2)c1. The highest BCUT2D eigenvalue weighted by Crippen LogP contribution is 2.11. The lowest BCUT2D eigenvalue weighted by molar-refractivity contribution is 0.0917. The number of amides is 1. The number of furan rings is 1. The monoisotopic (exact) mass is 274 g/mol. The highest BCUT2D eigenvalue weighted by Gasteiger charge is 2.09. The fraction of sp³-hybridized carbons (Fsp3) is 0.267. The minimum Gasteiger partial charge on any atom is -0.492 e. The first-order valence-corrected chi connectivity index (χ1v) is 6.45. The Labute approximate surface area is 117 Å². The van der Waals surface area contributed by atoms with Crippen LogP contribution in [0.15, 0.2) is 40.8 Å². The topological polar surface area (TPSA) is 77.5 Å². The van der Waals surface area contributed by atoms with Gasteiger partial charge in [0.1, 0.15) is 18.1 Å².